The van der Waals surface area contributed by atoms with Gasteiger partial charge in [-0.3, -0.25) is 4.79 Å². The smallest absolute Gasteiger partial charge is 0.257 e. The molecule has 7 heteroatoms. The van der Waals surface area contributed by atoms with Crippen LogP contribution in [0.2, 0.25) is 0 Å². The van der Waals surface area contributed by atoms with E-state index in [1.165, 1.54) is 0 Å². The highest BCUT2D eigenvalue weighted by Gasteiger charge is 2.19. The van der Waals surface area contributed by atoms with Crippen molar-refractivity contribution in [1.29, 1.82) is 0 Å². The number of carbonyl (C=O) groups is 1. The Balaban J connectivity index is 0.00000312. The SMILES string of the molecule is CC(C)c1ccc(C(N)CNC(=O)c2c(F)cc(F)cc2F)cc1.Cl. The average Bonchev–Trinajstić information content (AvgIpc) is 2.51. The molecule has 0 saturated carbocycles. The number of nitrogens with two attached hydrogens (primary N) is 1. The van der Waals surface area contributed by atoms with Gasteiger partial charge in [0.2, 0.25) is 0 Å². The van der Waals surface area contributed by atoms with Gasteiger partial charge in [-0.25, -0.2) is 13.2 Å². The topological polar surface area (TPSA) is 55.1 Å². The van der Waals surface area contributed by atoms with Gasteiger partial charge in [0.25, 0.3) is 5.91 Å². The molecule has 0 fully saturated rings. The first kappa shape index (κ1) is 21.0. The molecule has 0 bridgehead atoms. The van der Waals surface area contributed by atoms with E-state index in [0.717, 1.165) is 11.1 Å². The molecule has 0 heterocycles. The van der Waals surface area contributed by atoms with Gasteiger partial charge in [-0.2, -0.15) is 0 Å². The number of amides is 1. The van der Waals surface area contributed by atoms with Crippen LogP contribution in [0.3, 0.4) is 0 Å². The van der Waals surface area contributed by atoms with Crippen molar-refractivity contribution in [1.82, 2.24) is 5.32 Å². The summed E-state index contributed by atoms with van der Waals surface area (Å²) < 4.78 is 40.0. The standard InChI is InChI=1S/C18H19F3N2O.ClH/c1-10(2)11-3-5-12(6-4-11)16(22)9-23-18(24)17-14(20)7-13(19)8-15(17)21;/h3-8,10,16H,9,22H2,1-2H3,(H,23,24);1H. The van der Waals surface area contributed by atoms with E-state index < -0.39 is 35.0 Å². The molecule has 3 N–H and O–H groups in total. The molecule has 0 aliphatic carbocycles. The highest BCUT2D eigenvalue weighted by Crippen LogP contribution is 2.18. The van der Waals surface area contributed by atoms with E-state index >= 15 is 0 Å². The van der Waals surface area contributed by atoms with Crippen molar-refractivity contribution in [2.45, 2.75) is 25.8 Å². The fourth-order valence-electron chi connectivity index (χ4n) is 2.30. The zero-order chi connectivity index (χ0) is 17.9. The normalized spacial score (nSPS) is 11.8. The van der Waals surface area contributed by atoms with E-state index in [1.54, 1.807) is 0 Å². The lowest BCUT2D eigenvalue weighted by Crippen LogP contribution is -2.33. The van der Waals surface area contributed by atoms with E-state index in [1.807, 2.05) is 24.3 Å². The molecule has 0 aliphatic rings. The van der Waals surface area contributed by atoms with Gasteiger partial charge in [0.15, 0.2) is 0 Å². The first-order chi connectivity index (χ1) is 11.3. The summed E-state index contributed by atoms with van der Waals surface area (Å²) in [5, 5.41) is 2.37. The van der Waals surface area contributed by atoms with Crippen molar-refractivity contribution in [3.8, 4) is 0 Å². The van der Waals surface area contributed by atoms with Crippen LogP contribution in [-0.4, -0.2) is 12.5 Å². The van der Waals surface area contributed by atoms with E-state index in [0.29, 0.717) is 18.1 Å². The van der Waals surface area contributed by atoms with Crippen LogP contribution in [-0.2, 0) is 0 Å². The second-order valence-corrected chi connectivity index (χ2v) is 5.88. The fourth-order valence-corrected chi connectivity index (χ4v) is 2.30. The van der Waals surface area contributed by atoms with Crippen LogP contribution in [0.5, 0.6) is 0 Å². The molecule has 0 aromatic heterocycles. The predicted octanol–water partition coefficient (Wildman–Crippen LogP) is 4.08. The second kappa shape index (κ2) is 8.87. The molecule has 2 rings (SSSR count). The summed E-state index contributed by atoms with van der Waals surface area (Å²) >= 11 is 0. The molecule has 136 valence electrons. The highest BCUT2D eigenvalue weighted by atomic mass is 35.5. The van der Waals surface area contributed by atoms with Gasteiger partial charge in [0.1, 0.15) is 23.0 Å². The van der Waals surface area contributed by atoms with Crippen molar-refractivity contribution in [3.63, 3.8) is 0 Å². The van der Waals surface area contributed by atoms with Crippen molar-refractivity contribution < 1.29 is 18.0 Å². The van der Waals surface area contributed by atoms with Crippen LogP contribution in [0.4, 0.5) is 13.2 Å². The van der Waals surface area contributed by atoms with E-state index in [-0.39, 0.29) is 19.0 Å². The van der Waals surface area contributed by atoms with Crippen LogP contribution in [0.15, 0.2) is 36.4 Å². The van der Waals surface area contributed by atoms with Crippen LogP contribution in [0.1, 0.15) is 47.3 Å². The lowest BCUT2D eigenvalue weighted by atomic mass is 9.99. The molecular formula is C18H20ClF3N2O. The monoisotopic (exact) mass is 372 g/mol. The summed E-state index contributed by atoms with van der Waals surface area (Å²) in [6, 6.07) is 7.99. The Bertz CT molecular complexity index is 713. The molecule has 2 aromatic rings. The molecule has 1 amide bonds. The van der Waals surface area contributed by atoms with Crippen molar-refractivity contribution in [2.75, 3.05) is 6.54 Å². The first-order valence-corrected chi connectivity index (χ1v) is 7.57. The largest absolute Gasteiger partial charge is 0.350 e. The Labute approximate surface area is 150 Å². The maximum atomic E-state index is 13.6. The predicted molar refractivity (Wildman–Crippen MR) is 93.4 cm³/mol. The molecule has 1 atom stereocenters. The van der Waals surface area contributed by atoms with Gasteiger partial charge < -0.3 is 11.1 Å². The minimum atomic E-state index is -1.25. The third-order valence-corrected chi connectivity index (χ3v) is 3.75. The van der Waals surface area contributed by atoms with Gasteiger partial charge in [-0.1, -0.05) is 38.1 Å². The number of halogens is 4. The van der Waals surface area contributed by atoms with Crippen molar-refractivity contribution in [3.05, 3.63) is 70.5 Å². The van der Waals surface area contributed by atoms with Crippen LogP contribution >= 0.6 is 12.4 Å². The van der Waals surface area contributed by atoms with Gasteiger partial charge >= 0.3 is 0 Å². The second-order valence-electron chi connectivity index (χ2n) is 5.88. The van der Waals surface area contributed by atoms with Gasteiger partial charge in [0, 0.05) is 24.7 Å². The zero-order valence-corrected chi connectivity index (χ0v) is 14.7. The number of hydrogen-bond donors (Lipinski definition) is 2. The number of benzene rings is 2. The minimum Gasteiger partial charge on any atom is -0.350 e. The molecule has 2 aromatic carbocycles. The molecule has 0 spiro atoms. The van der Waals surface area contributed by atoms with E-state index in [2.05, 4.69) is 19.2 Å². The molecule has 0 saturated heterocycles. The number of rotatable bonds is 5. The molecule has 1 unspecified atom stereocenters. The lowest BCUT2D eigenvalue weighted by molar-refractivity contribution is 0.0942. The summed E-state index contributed by atoms with van der Waals surface area (Å²) in [7, 11) is 0. The van der Waals surface area contributed by atoms with E-state index in [4.69, 9.17) is 5.73 Å². The Morgan fingerprint density at radius 2 is 1.52 bits per heavy atom. The molecule has 0 radical (unpaired) electrons. The highest BCUT2D eigenvalue weighted by molar-refractivity contribution is 5.94. The summed E-state index contributed by atoms with van der Waals surface area (Å²) in [5.74, 6) is -4.16. The molecular weight excluding hydrogens is 353 g/mol. The van der Waals surface area contributed by atoms with Crippen LogP contribution < -0.4 is 11.1 Å². The summed E-state index contributed by atoms with van der Waals surface area (Å²) in [6.07, 6.45) is 0. The zero-order valence-electron chi connectivity index (χ0n) is 13.9. The third-order valence-electron chi connectivity index (χ3n) is 3.75. The van der Waals surface area contributed by atoms with Crippen molar-refractivity contribution in [2.24, 2.45) is 5.73 Å². The van der Waals surface area contributed by atoms with Gasteiger partial charge in [0.05, 0.1) is 0 Å². The number of hydrogen-bond acceptors (Lipinski definition) is 2. The third kappa shape index (κ3) is 5.21. The maximum absolute atomic E-state index is 13.6. The van der Waals surface area contributed by atoms with Crippen LogP contribution in [0.25, 0.3) is 0 Å². The van der Waals surface area contributed by atoms with Crippen LogP contribution in [0, 0.1) is 17.5 Å². The molecule has 3 nitrogen and oxygen atoms in total. The quantitative estimate of drug-likeness (QED) is 0.831. The first-order valence-electron chi connectivity index (χ1n) is 7.57. The Morgan fingerprint density at radius 3 is 2.00 bits per heavy atom. The number of carbonyl (C=O) groups excluding carboxylic acids is 1. The summed E-state index contributed by atoms with van der Waals surface area (Å²) in [4.78, 5) is 11.9. The maximum Gasteiger partial charge on any atom is 0.257 e. The van der Waals surface area contributed by atoms with Gasteiger partial charge in [-0.05, 0) is 17.0 Å². The molecule has 25 heavy (non-hydrogen) atoms. The fraction of sp³-hybridized carbons (Fsp3) is 0.278. The Kier molecular flexibility index (Phi) is 7.45. The number of nitrogens with one attached hydrogen (secondary N) is 1. The summed E-state index contributed by atoms with van der Waals surface area (Å²) in [5.41, 5.74) is 7.11. The van der Waals surface area contributed by atoms with Gasteiger partial charge in [-0.15, -0.1) is 12.4 Å². The Morgan fingerprint density at radius 1 is 1.04 bits per heavy atom. The minimum absolute atomic E-state index is 0. The Hall–Kier alpha value is -2.05. The lowest BCUT2D eigenvalue weighted by Gasteiger charge is -2.15. The van der Waals surface area contributed by atoms with Crippen molar-refractivity contribution >= 4 is 18.3 Å². The molecule has 0 aliphatic heterocycles. The summed E-state index contributed by atoms with van der Waals surface area (Å²) in [6.45, 7) is 4.14. The average molecular weight is 373 g/mol. The van der Waals surface area contributed by atoms with E-state index in [9.17, 15) is 18.0 Å².